The number of amides is 1. The zero-order chi connectivity index (χ0) is 14.4. The van der Waals surface area contributed by atoms with Crippen molar-refractivity contribution in [2.24, 2.45) is 26.4 Å². The number of carbonyl (C=O) groups is 1. The molecule has 10 nitrogen and oxygen atoms in total. The average molecular weight is 282 g/mol. The lowest BCUT2D eigenvalue weighted by Gasteiger charge is -2.27. The second kappa shape index (κ2) is 4.59. The molecule has 0 radical (unpaired) electrons. The Morgan fingerprint density at radius 2 is 2.20 bits per heavy atom. The molecule has 10 heteroatoms. The third-order valence-corrected chi connectivity index (χ3v) is 3.42. The summed E-state index contributed by atoms with van der Waals surface area (Å²) in [7, 11) is 0. The maximum atomic E-state index is 11.7. The third kappa shape index (κ3) is 1.81. The number of rotatable bonds is 2. The van der Waals surface area contributed by atoms with Crippen LogP contribution in [0.1, 0.15) is 0 Å². The second-order valence-corrected chi connectivity index (χ2v) is 4.67. The summed E-state index contributed by atoms with van der Waals surface area (Å²) in [6.07, 6.45) is -1.31. The number of hydrogen-bond acceptors (Lipinski definition) is 9. The standard InChI is InChI=1S/C10H14N6O4/c11-4-3(1-17)20-9(6(4)18)16-2-13-5-7(16)14-10(12)15-8(5)19/h2-6,9,17-18H,1,11H2,(H2,12,15,19). The fraction of sp³-hybridized carbons (Fsp3) is 0.600. The zero-order valence-corrected chi connectivity index (χ0v) is 10.3. The van der Waals surface area contributed by atoms with Crippen LogP contribution in [0.25, 0.3) is 0 Å². The Morgan fingerprint density at radius 1 is 1.45 bits per heavy atom. The lowest BCUT2D eigenvalue weighted by Crippen LogP contribution is -2.50. The van der Waals surface area contributed by atoms with Gasteiger partial charge in [-0.3, -0.25) is 14.7 Å². The lowest BCUT2D eigenvalue weighted by molar-refractivity contribution is -0.117. The van der Waals surface area contributed by atoms with Gasteiger partial charge in [-0.2, -0.15) is 9.98 Å². The molecule has 20 heavy (non-hydrogen) atoms. The highest BCUT2D eigenvalue weighted by molar-refractivity contribution is 6.21. The number of nitrogens with two attached hydrogens (primary N) is 2. The summed E-state index contributed by atoms with van der Waals surface area (Å²) in [5, 5.41) is 19.2. The van der Waals surface area contributed by atoms with Crippen molar-refractivity contribution >= 4 is 24.0 Å². The highest BCUT2D eigenvalue weighted by atomic mass is 16.5. The number of hydrogen-bond donors (Lipinski definition) is 4. The van der Waals surface area contributed by atoms with Crippen molar-refractivity contribution in [1.82, 2.24) is 4.90 Å². The van der Waals surface area contributed by atoms with Crippen LogP contribution in [0.4, 0.5) is 0 Å². The molecule has 3 aliphatic heterocycles. The van der Waals surface area contributed by atoms with Gasteiger partial charge in [-0.15, -0.1) is 0 Å². The number of carbonyl (C=O) groups excluding carboxylic acids is 1. The topological polar surface area (TPSA) is 159 Å². The van der Waals surface area contributed by atoms with Gasteiger partial charge in [-0.25, -0.2) is 0 Å². The molecule has 0 aliphatic carbocycles. The van der Waals surface area contributed by atoms with Gasteiger partial charge in [0, 0.05) is 0 Å². The van der Waals surface area contributed by atoms with Gasteiger partial charge >= 0.3 is 0 Å². The summed E-state index contributed by atoms with van der Waals surface area (Å²) in [4.78, 5) is 24.5. The molecule has 3 heterocycles. The summed E-state index contributed by atoms with van der Waals surface area (Å²) < 4.78 is 5.48. The van der Waals surface area contributed by atoms with Gasteiger partial charge in [-0.05, 0) is 0 Å². The van der Waals surface area contributed by atoms with E-state index in [1.54, 1.807) is 0 Å². The van der Waals surface area contributed by atoms with Crippen LogP contribution in [-0.2, 0) is 9.53 Å². The summed E-state index contributed by atoms with van der Waals surface area (Å²) in [5.41, 5.74) is 11.2. The number of fused-ring (bicyclic) bond motifs is 1. The SMILES string of the molecule is NC1=NC(=O)C2N=CN(C3OC(CO)C(N)C3O)C2=N1. The number of aliphatic hydroxyl groups is 2. The smallest absolute Gasteiger partial charge is 0.281 e. The number of ether oxygens (including phenoxy) is 1. The number of aliphatic imine (C=N–C) groups is 3. The maximum absolute atomic E-state index is 11.7. The van der Waals surface area contributed by atoms with E-state index in [0.717, 1.165) is 0 Å². The van der Waals surface area contributed by atoms with Gasteiger partial charge in [0.1, 0.15) is 12.2 Å². The third-order valence-electron chi connectivity index (χ3n) is 3.42. The lowest BCUT2D eigenvalue weighted by atomic mass is 10.1. The minimum atomic E-state index is -1.06. The van der Waals surface area contributed by atoms with Crippen LogP contribution in [0.5, 0.6) is 0 Å². The molecule has 0 saturated carbocycles. The number of nitrogens with zero attached hydrogens (tertiary/aromatic N) is 4. The molecule has 5 atom stereocenters. The largest absolute Gasteiger partial charge is 0.394 e. The van der Waals surface area contributed by atoms with Crippen molar-refractivity contribution < 1.29 is 19.7 Å². The van der Waals surface area contributed by atoms with Crippen molar-refractivity contribution in [3.63, 3.8) is 0 Å². The van der Waals surface area contributed by atoms with E-state index in [-0.39, 0.29) is 18.4 Å². The Hall–Kier alpha value is -1.88. The Balaban J connectivity index is 1.87. The van der Waals surface area contributed by atoms with Crippen molar-refractivity contribution in [3.8, 4) is 0 Å². The van der Waals surface area contributed by atoms with Gasteiger partial charge in [-0.1, -0.05) is 0 Å². The molecule has 0 aromatic carbocycles. The summed E-state index contributed by atoms with van der Waals surface area (Å²) >= 11 is 0. The molecule has 6 N–H and O–H groups in total. The maximum Gasteiger partial charge on any atom is 0.281 e. The average Bonchev–Trinajstić information content (AvgIpc) is 2.93. The van der Waals surface area contributed by atoms with Crippen LogP contribution in [-0.4, -0.2) is 76.3 Å². The first kappa shape index (κ1) is 13.1. The Morgan fingerprint density at radius 3 is 2.85 bits per heavy atom. The van der Waals surface area contributed by atoms with Gasteiger partial charge in [0.15, 0.2) is 18.1 Å². The molecular formula is C10H14N6O4. The second-order valence-electron chi connectivity index (χ2n) is 4.67. The highest BCUT2D eigenvalue weighted by Gasteiger charge is 2.48. The summed E-state index contributed by atoms with van der Waals surface area (Å²) in [6, 6.07) is -1.62. The number of guanidine groups is 1. The molecule has 3 rings (SSSR count). The van der Waals surface area contributed by atoms with Crippen LogP contribution in [0.3, 0.4) is 0 Å². The monoisotopic (exact) mass is 282 g/mol. The molecule has 0 aromatic rings. The van der Waals surface area contributed by atoms with Crippen LogP contribution in [0.15, 0.2) is 15.0 Å². The van der Waals surface area contributed by atoms with Gasteiger partial charge < -0.3 is 26.4 Å². The minimum Gasteiger partial charge on any atom is -0.394 e. The van der Waals surface area contributed by atoms with E-state index >= 15 is 0 Å². The minimum absolute atomic E-state index is 0.174. The van der Waals surface area contributed by atoms with Crippen LogP contribution < -0.4 is 11.5 Å². The van der Waals surface area contributed by atoms with E-state index in [4.69, 9.17) is 21.3 Å². The molecule has 1 amide bonds. The van der Waals surface area contributed by atoms with Crippen LogP contribution in [0.2, 0.25) is 0 Å². The summed E-state index contributed by atoms with van der Waals surface area (Å²) in [6.45, 7) is -0.321. The van der Waals surface area contributed by atoms with Crippen LogP contribution >= 0.6 is 0 Å². The van der Waals surface area contributed by atoms with Crippen molar-refractivity contribution in [2.45, 2.75) is 30.5 Å². The number of amidine groups is 1. The molecule has 1 fully saturated rings. The van der Waals surface area contributed by atoms with Crippen LogP contribution in [0, 0.1) is 0 Å². The Bertz CT molecular complexity index is 532. The molecule has 0 bridgehead atoms. The molecule has 0 spiro atoms. The van der Waals surface area contributed by atoms with Gasteiger partial charge in [0.25, 0.3) is 5.91 Å². The predicted octanol–water partition coefficient (Wildman–Crippen LogP) is -3.64. The number of aliphatic hydroxyl groups excluding tert-OH is 2. The van der Waals surface area contributed by atoms with E-state index < -0.39 is 36.4 Å². The van der Waals surface area contributed by atoms with Crippen molar-refractivity contribution in [2.75, 3.05) is 6.61 Å². The van der Waals surface area contributed by atoms with E-state index in [0.29, 0.717) is 0 Å². The fourth-order valence-corrected chi connectivity index (χ4v) is 2.37. The van der Waals surface area contributed by atoms with E-state index in [9.17, 15) is 9.90 Å². The molecule has 108 valence electrons. The van der Waals surface area contributed by atoms with Gasteiger partial charge in [0.2, 0.25) is 5.96 Å². The van der Waals surface area contributed by atoms with E-state index in [2.05, 4.69) is 15.0 Å². The zero-order valence-electron chi connectivity index (χ0n) is 10.3. The van der Waals surface area contributed by atoms with E-state index in [1.165, 1.54) is 11.2 Å². The molecule has 3 aliphatic rings. The van der Waals surface area contributed by atoms with Crippen molar-refractivity contribution in [1.29, 1.82) is 0 Å². The molecule has 5 unspecified atom stereocenters. The van der Waals surface area contributed by atoms with Crippen molar-refractivity contribution in [3.05, 3.63) is 0 Å². The van der Waals surface area contributed by atoms with E-state index in [1.807, 2.05) is 0 Å². The molecule has 0 aromatic heterocycles. The Labute approximate surface area is 113 Å². The first-order chi connectivity index (χ1) is 9.52. The fourth-order valence-electron chi connectivity index (χ4n) is 2.37. The molecular weight excluding hydrogens is 268 g/mol. The first-order valence-electron chi connectivity index (χ1n) is 6.01. The summed E-state index contributed by atoms with van der Waals surface area (Å²) in [5.74, 6) is -0.466. The first-order valence-corrected chi connectivity index (χ1v) is 6.01. The Kier molecular flexibility index (Phi) is 3.01. The van der Waals surface area contributed by atoms with Gasteiger partial charge in [0.05, 0.1) is 19.0 Å². The normalized spacial score (nSPS) is 39.9. The predicted molar refractivity (Wildman–Crippen MR) is 67.9 cm³/mol. The highest BCUT2D eigenvalue weighted by Crippen LogP contribution is 2.26. The quantitative estimate of drug-likeness (QED) is 0.406. The molecule has 1 saturated heterocycles.